The molecule has 146 valence electrons. The number of fused-ring (bicyclic) bond motifs is 3. The predicted molar refractivity (Wildman–Crippen MR) is 111 cm³/mol. The van der Waals surface area contributed by atoms with E-state index in [9.17, 15) is 0 Å². The third kappa shape index (κ3) is 2.91. The van der Waals surface area contributed by atoms with E-state index in [-0.39, 0.29) is 6.04 Å². The molecule has 0 saturated carbocycles. The SMILES string of the molecule is Cc1ccc(C2=N[C@@H](Cc3ncco3)c3nnc(C)n3-c3sc(C)c(C)c32)cn1. The number of thiophene rings is 1. The Hall–Kier alpha value is -3.13. The van der Waals surface area contributed by atoms with E-state index in [1.54, 1.807) is 23.8 Å². The number of nitrogens with zero attached hydrogens (tertiary/aromatic N) is 6. The molecule has 0 spiro atoms. The Morgan fingerprint density at radius 1 is 1.10 bits per heavy atom. The molecule has 0 fully saturated rings. The van der Waals surface area contributed by atoms with Gasteiger partial charge < -0.3 is 4.42 Å². The molecule has 0 amide bonds. The molecule has 1 aliphatic heterocycles. The summed E-state index contributed by atoms with van der Waals surface area (Å²) in [5.41, 5.74) is 5.24. The molecule has 0 bridgehead atoms. The van der Waals surface area contributed by atoms with Crippen molar-refractivity contribution >= 4 is 17.0 Å². The van der Waals surface area contributed by atoms with Gasteiger partial charge in [-0.15, -0.1) is 21.5 Å². The molecule has 0 aromatic carbocycles. The van der Waals surface area contributed by atoms with Crippen LogP contribution in [0.3, 0.4) is 0 Å². The summed E-state index contributed by atoms with van der Waals surface area (Å²) in [7, 11) is 0. The average Bonchev–Trinajstić information content (AvgIpc) is 3.39. The smallest absolute Gasteiger partial charge is 0.196 e. The predicted octanol–water partition coefficient (Wildman–Crippen LogP) is 4.08. The van der Waals surface area contributed by atoms with E-state index in [1.165, 1.54) is 10.4 Å². The van der Waals surface area contributed by atoms with E-state index in [1.807, 2.05) is 26.1 Å². The highest BCUT2D eigenvalue weighted by molar-refractivity contribution is 7.15. The number of pyridine rings is 1. The molecule has 0 radical (unpaired) electrons. The Morgan fingerprint density at radius 2 is 1.97 bits per heavy atom. The van der Waals surface area contributed by atoms with Crippen LogP contribution in [0.2, 0.25) is 0 Å². The molecule has 0 N–H and O–H groups in total. The van der Waals surface area contributed by atoms with Crippen LogP contribution in [-0.4, -0.2) is 30.4 Å². The topological polar surface area (TPSA) is 82.0 Å². The largest absolute Gasteiger partial charge is 0.449 e. The Balaban J connectivity index is 1.78. The molecule has 1 aliphatic rings. The van der Waals surface area contributed by atoms with Crippen molar-refractivity contribution in [3.8, 4) is 5.00 Å². The van der Waals surface area contributed by atoms with Crippen LogP contribution >= 0.6 is 11.3 Å². The van der Waals surface area contributed by atoms with E-state index in [4.69, 9.17) is 9.41 Å². The van der Waals surface area contributed by atoms with Gasteiger partial charge in [-0.25, -0.2) is 4.98 Å². The monoisotopic (exact) mass is 404 g/mol. The van der Waals surface area contributed by atoms with Gasteiger partial charge in [0, 0.05) is 27.9 Å². The Labute approximate surface area is 172 Å². The number of aliphatic imine (C=N–C) groups is 1. The summed E-state index contributed by atoms with van der Waals surface area (Å²) in [5, 5.41) is 9.94. The number of rotatable bonds is 3. The molecule has 7 nitrogen and oxygen atoms in total. The lowest BCUT2D eigenvalue weighted by molar-refractivity contribution is 0.467. The summed E-state index contributed by atoms with van der Waals surface area (Å²) >= 11 is 1.75. The van der Waals surface area contributed by atoms with Crippen molar-refractivity contribution in [3.63, 3.8) is 0 Å². The van der Waals surface area contributed by atoms with Crippen LogP contribution in [0.5, 0.6) is 0 Å². The lowest BCUT2D eigenvalue weighted by Gasteiger charge is -2.11. The lowest BCUT2D eigenvalue weighted by atomic mass is 10.0. The van der Waals surface area contributed by atoms with Crippen LogP contribution in [-0.2, 0) is 6.42 Å². The number of hydrogen-bond donors (Lipinski definition) is 0. The second-order valence-corrected chi connectivity index (χ2v) is 8.42. The summed E-state index contributed by atoms with van der Waals surface area (Å²) < 4.78 is 7.64. The first-order chi connectivity index (χ1) is 14.0. The molecular formula is C21H20N6OS. The number of aromatic nitrogens is 5. The molecule has 1 atom stereocenters. The standard InChI is InChI=1S/C21H20N6OS/c1-11-5-6-15(10-23-11)19-18-12(2)13(3)29-21(18)27-14(4)25-26-20(27)16(24-19)9-17-22-7-8-28-17/h5-8,10,16H,9H2,1-4H3/t16-/m0/s1. The van der Waals surface area contributed by atoms with E-state index in [2.05, 4.69) is 44.6 Å². The minimum absolute atomic E-state index is 0.259. The summed E-state index contributed by atoms with van der Waals surface area (Å²) in [5.74, 6) is 2.28. The zero-order valence-corrected chi connectivity index (χ0v) is 17.5. The van der Waals surface area contributed by atoms with Crippen molar-refractivity contribution < 1.29 is 4.42 Å². The van der Waals surface area contributed by atoms with E-state index < -0.39 is 0 Å². The first-order valence-electron chi connectivity index (χ1n) is 9.44. The van der Waals surface area contributed by atoms with Crippen LogP contribution < -0.4 is 0 Å². The highest BCUT2D eigenvalue weighted by Crippen LogP contribution is 2.39. The molecule has 5 heterocycles. The van der Waals surface area contributed by atoms with E-state index in [0.29, 0.717) is 12.3 Å². The second kappa shape index (κ2) is 6.73. The Bertz CT molecular complexity index is 1220. The van der Waals surface area contributed by atoms with Gasteiger partial charge in [-0.2, -0.15) is 0 Å². The zero-order chi connectivity index (χ0) is 20.1. The first kappa shape index (κ1) is 17.9. The molecule has 0 unspecified atom stereocenters. The first-order valence-corrected chi connectivity index (χ1v) is 10.3. The molecule has 8 heteroatoms. The van der Waals surface area contributed by atoms with Gasteiger partial charge in [-0.1, -0.05) is 0 Å². The third-order valence-electron chi connectivity index (χ3n) is 5.28. The Kier molecular flexibility index (Phi) is 4.16. The molecule has 4 aromatic rings. The van der Waals surface area contributed by atoms with Gasteiger partial charge >= 0.3 is 0 Å². The van der Waals surface area contributed by atoms with Gasteiger partial charge in [0.25, 0.3) is 0 Å². The summed E-state index contributed by atoms with van der Waals surface area (Å²) in [6.45, 7) is 8.25. The van der Waals surface area contributed by atoms with Gasteiger partial charge in [0.2, 0.25) is 0 Å². The maximum atomic E-state index is 5.51. The van der Waals surface area contributed by atoms with Gasteiger partial charge in [0.05, 0.1) is 18.3 Å². The highest BCUT2D eigenvalue weighted by atomic mass is 32.1. The van der Waals surface area contributed by atoms with Crippen LogP contribution in [0.1, 0.15) is 50.8 Å². The van der Waals surface area contributed by atoms with E-state index >= 15 is 0 Å². The molecule has 5 rings (SSSR count). The van der Waals surface area contributed by atoms with Crippen LogP contribution in [0.25, 0.3) is 5.00 Å². The molecule has 4 aromatic heterocycles. The van der Waals surface area contributed by atoms with Crippen molar-refractivity contribution in [1.82, 2.24) is 24.7 Å². The van der Waals surface area contributed by atoms with Crippen molar-refractivity contribution in [3.05, 3.63) is 75.6 Å². The van der Waals surface area contributed by atoms with Gasteiger partial charge in [0.15, 0.2) is 11.7 Å². The zero-order valence-electron chi connectivity index (χ0n) is 16.7. The van der Waals surface area contributed by atoms with Crippen molar-refractivity contribution in [1.29, 1.82) is 0 Å². The third-order valence-corrected chi connectivity index (χ3v) is 6.47. The van der Waals surface area contributed by atoms with Gasteiger partial charge in [0.1, 0.15) is 23.1 Å². The average molecular weight is 404 g/mol. The molecule has 0 saturated heterocycles. The van der Waals surface area contributed by atoms with Crippen molar-refractivity contribution in [2.24, 2.45) is 4.99 Å². The summed E-state index contributed by atoms with van der Waals surface area (Å²) in [6, 6.07) is 3.84. The minimum atomic E-state index is -0.259. The molecular weight excluding hydrogens is 384 g/mol. The van der Waals surface area contributed by atoms with Crippen molar-refractivity contribution in [2.75, 3.05) is 0 Å². The molecule has 29 heavy (non-hydrogen) atoms. The fourth-order valence-corrected chi connectivity index (χ4v) is 4.87. The fourth-order valence-electron chi connectivity index (χ4n) is 3.65. The normalized spacial score (nSPS) is 15.6. The van der Waals surface area contributed by atoms with Crippen molar-refractivity contribution in [2.45, 2.75) is 40.2 Å². The molecule has 0 aliphatic carbocycles. The van der Waals surface area contributed by atoms with Gasteiger partial charge in [-0.05, 0) is 45.4 Å². The minimum Gasteiger partial charge on any atom is -0.449 e. The maximum absolute atomic E-state index is 5.51. The highest BCUT2D eigenvalue weighted by Gasteiger charge is 2.32. The van der Waals surface area contributed by atoms with Crippen LogP contribution in [0.15, 0.2) is 40.2 Å². The van der Waals surface area contributed by atoms with Crippen LogP contribution in [0, 0.1) is 27.7 Å². The number of aryl methyl sites for hydroxylation is 3. The van der Waals surface area contributed by atoms with Gasteiger partial charge in [-0.3, -0.25) is 14.5 Å². The number of oxazole rings is 1. The lowest BCUT2D eigenvalue weighted by Crippen LogP contribution is -2.09. The number of hydrogen-bond acceptors (Lipinski definition) is 7. The maximum Gasteiger partial charge on any atom is 0.196 e. The summed E-state index contributed by atoms with van der Waals surface area (Å²) in [4.78, 5) is 15.2. The fraction of sp³-hybridized carbons (Fsp3) is 0.286. The quantitative estimate of drug-likeness (QED) is 0.514. The van der Waals surface area contributed by atoms with E-state index in [0.717, 1.165) is 39.2 Å². The van der Waals surface area contributed by atoms with Crippen LogP contribution in [0.4, 0.5) is 0 Å². The Morgan fingerprint density at radius 3 is 2.69 bits per heavy atom. The second-order valence-electron chi connectivity index (χ2n) is 7.22. The summed E-state index contributed by atoms with van der Waals surface area (Å²) in [6.07, 6.45) is 5.65.